The molecule has 5 aromatic rings. The summed E-state index contributed by atoms with van der Waals surface area (Å²) in [7, 11) is 1.10. The van der Waals surface area contributed by atoms with Crippen molar-refractivity contribution in [3.05, 3.63) is 78.9 Å². The van der Waals surface area contributed by atoms with E-state index in [4.69, 9.17) is 0 Å². The lowest BCUT2D eigenvalue weighted by Crippen LogP contribution is -1.99. The van der Waals surface area contributed by atoms with Crippen LogP contribution >= 0.6 is 0 Å². The van der Waals surface area contributed by atoms with Gasteiger partial charge >= 0.3 is 0 Å². The van der Waals surface area contributed by atoms with Gasteiger partial charge in [0.2, 0.25) is 0 Å². The molecule has 1 heteroatoms. The van der Waals surface area contributed by atoms with Crippen LogP contribution in [0.15, 0.2) is 78.9 Å². The van der Waals surface area contributed by atoms with Crippen LogP contribution in [0, 0.1) is 0 Å². The molecule has 0 unspecified atom stereocenters. The van der Waals surface area contributed by atoms with Crippen LogP contribution in [0.25, 0.3) is 43.4 Å². The lowest BCUT2D eigenvalue weighted by molar-refractivity contribution is 1.69. The molecule has 0 saturated heterocycles. The van der Waals surface area contributed by atoms with Crippen molar-refractivity contribution in [1.82, 2.24) is 0 Å². The summed E-state index contributed by atoms with van der Waals surface area (Å²) >= 11 is 0. The molecule has 108 valence electrons. The van der Waals surface area contributed by atoms with Crippen LogP contribution in [0.5, 0.6) is 0 Å². The Bertz CT molecular complexity index is 1140. The third-order valence-corrected chi connectivity index (χ3v) is 5.56. The maximum Gasteiger partial charge on any atom is 0.0384 e. The van der Waals surface area contributed by atoms with Crippen molar-refractivity contribution in [2.24, 2.45) is 0 Å². The molecule has 0 saturated carbocycles. The first kappa shape index (κ1) is 12.9. The summed E-state index contributed by atoms with van der Waals surface area (Å²) in [6.07, 6.45) is 0. The van der Waals surface area contributed by atoms with Crippen molar-refractivity contribution in [2.75, 3.05) is 0 Å². The van der Waals surface area contributed by atoms with Crippen LogP contribution in [-0.4, -0.2) is 10.2 Å². The van der Waals surface area contributed by atoms with Gasteiger partial charge in [-0.25, -0.2) is 0 Å². The molecule has 5 aromatic carbocycles. The quantitative estimate of drug-likeness (QED) is 0.321. The first-order valence-corrected chi connectivity index (χ1v) is 9.05. The molecule has 0 aliphatic heterocycles. The molecular weight excluding hydrogens is 292 g/mol. The Balaban J connectivity index is 1.96. The third-order valence-electron chi connectivity index (χ3n) is 4.89. The Labute approximate surface area is 138 Å². The number of hydrogen-bond acceptors (Lipinski definition) is 0. The fraction of sp³-hybridized carbons (Fsp3) is 0. The second kappa shape index (κ2) is 4.67. The lowest BCUT2D eigenvalue weighted by atomic mass is 9.90. The SMILES string of the molecule is [SiH3]c1ccc(-c2ccc3ccc4cccc5ccc2c3c45)cc1. The van der Waals surface area contributed by atoms with Crippen LogP contribution in [0.2, 0.25) is 0 Å². The molecule has 23 heavy (non-hydrogen) atoms. The molecule has 0 N–H and O–H groups in total. The van der Waals surface area contributed by atoms with Crippen LogP contribution in [0.4, 0.5) is 0 Å². The largest absolute Gasteiger partial charge is 0.0707 e. The molecule has 5 rings (SSSR count). The van der Waals surface area contributed by atoms with E-state index in [-0.39, 0.29) is 0 Å². The first-order valence-electron chi connectivity index (χ1n) is 8.05. The molecule has 0 aliphatic carbocycles. The van der Waals surface area contributed by atoms with Gasteiger partial charge in [0.15, 0.2) is 0 Å². The second-order valence-electron chi connectivity index (χ2n) is 6.34. The average Bonchev–Trinajstić information content (AvgIpc) is 2.60. The van der Waals surface area contributed by atoms with E-state index in [0.717, 1.165) is 10.2 Å². The molecule has 0 heterocycles. The normalized spacial score (nSPS) is 11.8. The molecule has 0 atom stereocenters. The number of benzene rings is 5. The fourth-order valence-electron chi connectivity index (χ4n) is 3.72. The molecule has 0 nitrogen and oxygen atoms in total. The predicted molar refractivity (Wildman–Crippen MR) is 105 cm³/mol. The smallest absolute Gasteiger partial charge is 0.0384 e. The molecule has 0 aromatic heterocycles. The summed E-state index contributed by atoms with van der Waals surface area (Å²) in [5.74, 6) is 0. The van der Waals surface area contributed by atoms with Gasteiger partial charge in [-0.3, -0.25) is 0 Å². The summed E-state index contributed by atoms with van der Waals surface area (Å²) in [6, 6.07) is 29.1. The first-order chi connectivity index (χ1) is 11.3. The minimum Gasteiger partial charge on any atom is -0.0707 e. The van der Waals surface area contributed by atoms with E-state index in [1.807, 2.05) is 0 Å². The van der Waals surface area contributed by atoms with Crippen molar-refractivity contribution in [1.29, 1.82) is 0 Å². The fourth-order valence-corrected chi connectivity index (χ4v) is 4.05. The third kappa shape index (κ3) is 1.84. The monoisotopic (exact) mass is 308 g/mol. The maximum absolute atomic E-state index is 2.29. The van der Waals surface area contributed by atoms with Gasteiger partial charge in [0.1, 0.15) is 0 Å². The van der Waals surface area contributed by atoms with E-state index in [1.54, 1.807) is 0 Å². The van der Waals surface area contributed by atoms with E-state index in [9.17, 15) is 0 Å². The van der Waals surface area contributed by atoms with E-state index in [2.05, 4.69) is 78.9 Å². The molecule has 0 spiro atoms. The summed E-state index contributed by atoms with van der Waals surface area (Å²) in [5, 5.41) is 9.56. The van der Waals surface area contributed by atoms with Crippen molar-refractivity contribution in [2.45, 2.75) is 0 Å². The zero-order valence-corrected chi connectivity index (χ0v) is 15.0. The van der Waals surface area contributed by atoms with Crippen molar-refractivity contribution < 1.29 is 0 Å². The number of rotatable bonds is 1. The van der Waals surface area contributed by atoms with Gasteiger partial charge in [0.25, 0.3) is 0 Å². The molecule has 0 fully saturated rings. The molecule has 0 amide bonds. The zero-order valence-electron chi connectivity index (χ0n) is 13.0. The van der Waals surface area contributed by atoms with E-state index in [1.165, 1.54) is 48.6 Å². The summed E-state index contributed by atoms with van der Waals surface area (Å²) in [5.41, 5.74) is 2.64. The number of hydrogen-bond donors (Lipinski definition) is 0. The highest BCUT2D eigenvalue weighted by atomic mass is 28.1. The topological polar surface area (TPSA) is 0 Å². The van der Waals surface area contributed by atoms with Crippen LogP contribution < -0.4 is 5.19 Å². The Kier molecular flexibility index (Phi) is 2.61. The van der Waals surface area contributed by atoms with Crippen molar-refractivity contribution in [3.63, 3.8) is 0 Å². The van der Waals surface area contributed by atoms with Crippen LogP contribution in [0.3, 0.4) is 0 Å². The Hall–Kier alpha value is -2.64. The van der Waals surface area contributed by atoms with Crippen molar-refractivity contribution in [3.8, 4) is 11.1 Å². The van der Waals surface area contributed by atoms with E-state index >= 15 is 0 Å². The van der Waals surface area contributed by atoms with Crippen LogP contribution in [-0.2, 0) is 0 Å². The Morgan fingerprint density at radius 3 is 1.87 bits per heavy atom. The Morgan fingerprint density at radius 1 is 0.522 bits per heavy atom. The summed E-state index contributed by atoms with van der Waals surface area (Å²) < 4.78 is 0. The molecular formula is C22H16Si. The Morgan fingerprint density at radius 2 is 1.13 bits per heavy atom. The highest BCUT2D eigenvalue weighted by molar-refractivity contribution is 6.32. The van der Waals surface area contributed by atoms with Crippen molar-refractivity contribution >= 4 is 47.7 Å². The summed E-state index contributed by atoms with van der Waals surface area (Å²) in [6.45, 7) is 0. The highest BCUT2D eigenvalue weighted by Gasteiger charge is 2.11. The minimum absolute atomic E-state index is 1.10. The standard InChI is InChI=1S/C22H16Si/c23-18-10-6-14(7-11-18)19-12-8-17-5-4-15-2-1-3-16-9-13-20(19)22(17)21(15)16/h1-13H,23H3. The van der Waals surface area contributed by atoms with E-state index < -0.39 is 0 Å². The molecule has 0 bridgehead atoms. The average molecular weight is 308 g/mol. The van der Waals surface area contributed by atoms with Gasteiger partial charge in [-0.2, -0.15) is 0 Å². The second-order valence-corrected chi connectivity index (χ2v) is 7.49. The zero-order chi connectivity index (χ0) is 15.4. The van der Waals surface area contributed by atoms with Gasteiger partial charge in [0.05, 0.1) is 0 Å². The van der Waals surface area contributed by atoms with Crippen LogP contribution in [0.1, 0.15) is 0 Å². The lowest BCUT2D eigenvalue weighted by Gasteiger charge is -2.14. The van der Waals surface area contributed by atoms with Gasteiger partial charge in [-0.05, 0) is 43.4 Å². The van der Waals surface area contributed by atoms with Gasteiger partial charge in [-0.1, -0.05) is 84.0 Å². The molecule has 0 aliphatic rings. The maximum atomic E-state index is 2.29. The van der Waals surface area contributed by atoms with Gasteiger partial charge < -0.3 is 0 Å². The predicted octanol–water partition coefficient (Wildman–Crippen LogP) is 4.24. The highest BCUT2D eigenvalue weighted by Crippen LogP contribution is 2.38. The summed E-state index contributed by atoms with van der Waals surface area (Å²) in [4.78, 5) is 0. The minimum atomic E-state index is 1.10. The van der Waals surface area contributed by atoms with E-state index in [0.29, 0.717) is 0 Å². The van der Waals surface area contributed by atoms with Gasteiger partial charge in [-0.15, -0.1) is 0 Å². The van der Waals surface area contributed by atoms with Gasteiger partial charge in [0, 0.05) is 10.2 Å². The molecule has 0 radical (unpaired) electrons.